The summed E-state index contributed by atoms with van der Waals surface area (Å²) < 4.78 is 5.24. The fourth-order valence-electron chi connectivity index (χ4n) is 5.41. The third-order valence-electron chi connectivity index (χ3n) is 7.38. The monoisotopic (exact) mass is 517 g/mol. The molecular formula is C25H25Cl2N3O5. The van der Waals surface area contributed by atoms with Gasteiger partial charge in [0, 0.05) is 15.8 Å². The minimum Gasteiger partial charge on any atom is -0.497 e. The smallest absolute Gasteiger partial charge is 0.234 e. The Morgan fingerprint density at radius 1 is 0.771 bits per heavy atom. The van der Waals surface area contributed by atoms with E-state index >= 15 is 0 Å². The third-order valence-corrected chi connectivity index (χ3v) is 8.00. The Labute approximate surface area is 213 Å². The molecule has 0 spiro atoms. The fourth-order valence-corrected chi connectivity index (χ4v) is 5.92. The van der Waals surface area contributed by atoms with Crippen LogP contribution < -0.4 is 9.64 Å². The predicted octanol–water partition coefficient (Wildman–Crippen LogP) is 3.45. The van der Waals surface area contributed by atoms with Crippen LogP contribution in [0.1, 0.15) is 25.7 Å². The average Bonchev–Trinajstić information content (AvgIpc) is 3.23. The number of anilines is 1. The number of imide groups is 2. The SMILES string of the molecule is COc1ccc(N(CN2C(=O)[C@H]3CC=C(Cl)C[C@@H]3C2=O)CN2C(=O)[C@H]3CC(Cl)=CC[C@H]3C2=O)cc1. The van der Waals surface area contributed by atoms with Gasteiger partial charge in [0.15, 0.2) is 0 Å². The van der Waals surface area contributed by atoms with Gasteiger partial charge in [-0.1, -0.05) is 35.4 Å². The van der Waals surface area contributed by atoms with E-state index in [1.165, 1.54) is 9.80 Å². The van der Waals surface area contributed by atoms with Gasteiger partial charge < -0.3 is 9.64 Å². The summed E-state index contributed by atoms with van der Waals surface area (Å²) in [6, 6.07) is 7.03. The lowest BCUT2D eigenvalue weighted by molar-refractivity contribution is -0.140. The molecule has 10 heteroatoms. The molecule has 8 nitrogen and oxygen atoms in total. The molecule has 2 heterocycles. The summed E-state index contributed by atoms with van der Waals surface area (Å²) in [4.78, 5) is 56.8. The molecule has 4 amide bonds. The number of nitrogens with zero attached hydrogens (tertiary/aromatic N) is 3. The van der Waals surface area contributed by atoms with Crippen molar-refractivity contribution in [3.63, 3.8) is 0 Å². The highest BCUT2D eigenvalue weighted by Gasteiger charge is 2.51. The number of rotatable bonds is 6. The molecule has 0 radical (unpaired) electrons. The van der Waals surface area contributed by atoms with Crippen LogP contribution in [0.2, 0.25) is 0 Å². The number of hydrogen-bond donors (Lipinski definition) is 0. The van der Waals surface area contributed by atoms with Crippen molar-refractivity contribution >= 4 is 52.5 Å². The van der Waals surface area contributed by atoms with Crippen LogP contribution in [0, 0.1) is 23.7 Å². The first-order chi connectivity index (χ1) is 16.8. The van der Waals surface area contributed by atoms with Crippen molar-refractivity contribution in [3.8, 4) is 5.75 Å². The van der Waals surface area contributed by atoms with Crippen LogP contribution in [0.15, 0.2) is 46.5 Å². The second-order valence-corrected chi connectivity index (χ2v) is 10.3. The Hall–Kier alpha value is -2.84. The van der Waals surface area contributed by atoms with Crippen molar-refractivity contribution in [1.29, 1.82) is 0 Å². The number of amides is 4. The summed E-state index contributed by atoms with van der Waals surface area (Å²) in [6.45, 7) is -0.167. The van der Waals surface area contributed by atoms with Gasteiger partial charge in [-0.15, -0.1) is 0 Å². The zero-order valence-electron chi connectivity index (χ0n) is 19.2. The van der Waals surface area contributed by atoms with Crippen molar-refractivity contribution in [1.82, 2.24) is 9.80 Å². The van der Waals surface area contributed by atoms with Gasteiger partial charge in [-0.25, -0.2) is 0 Å². The molecule has 0 bridgehead atoms. The molecule has 0 N–H and O–H groups in total. The van der Waals surface area contributed by atoms with Gasteiger partial charge in [-0.3, -0.25) is 29.0 Å². The molecule has 2 aliphatic heterocycles. The van der Waals surface area contributed by atoms with Gasteiger partial charge in [0.2, 0.25) is 23.6 Å². The van der Waals surface area contributed by atoms with Crippen molar-refractivity contribution in [2.45, 2.75) is 25.7 Å². The molecule has 2 fully saturated rings. The predicted molar refractivity (Wildman–Crippen MR) is 129 cm³/mol. The van der Waals surface area contributed by atoms with E-state index in [2.05, 4.69) is 0 Å². The molecule has 0 aromatic heterocycles. The molecule has 184 valence electrons. The van der Waals surface area contributed by atoms with E-state index in [9.17, 15) is 19.2 Å². The van der Waals surface area contributed by atoms with Crippen molar-refractivity contribution in [2.75, 3.05) is 25.3 Å². The van der Waals surface area contributed by atoms with Crippen LogP contribution in [0.25, 0.3) is 0 Å². The Bertz CT molecular complexity index is 1080. The number of benzene rings is 1. The van der Waals surface area contributed by atoms with Crippen LogP contribution >= 0.6 is 23.2 Å². The molecule has 1 aromatic carbocycles. The standard InChI is InChI=1S/C25H25Cl2N3O5/c1-35-17-6-4-16(5-7-17)28(12-29-22(31)18-8-2-14(26)10-20(18)24(29)33)13-30-23(32)19-9-3-15(27)11-21(19)25(30)34/h2-7,18-21H,8-13H2,1H3/t18-,19+,20-,21-/m0/s1. The highest BCUT2D eigenvalue weighted by atomic mass is 35.5. The normalized spacial score (nSPS) is 28.1. The number of fused-ring (bicyclic) bond motifs is 2. The number of methoxy groups -OCH3 is 1. The second-order valence-electron chi connectivity index (χ2n) is 9.34. The number of ether oxygens (including phenoxy) is 1. The molecule has 5 rings (SSSR count). The van der Waals surface area contributed by atoms with E-state index in [4.69, 9.17) is 27.9 Å². The number of allylic oxidation sites excluding steroid dienone is 4. The first-order valence-electron chi connectivity index (χ1n) is 11.6. The Balaban J connectivity index is 1.41. The van der Waals surface area contributed by atoms with E-state index in [0.29, 0.717) is 47.2 Å². The van der Waals surface area contributed by atoms with Gasteiger partial charge >= 0.3 is 0 Å². The molecule has 0 saturated carbocycles. The molecule has 1 aromatic rings. The summed E-state index contributed by atoms with van der Waals surface area (Å²) in [5, 5.41) is 1.17. The van der Waals surface area contributed by atoms with Crippen LogP contribution in [0.4, 0.5) is 5.69 Å². The van der Waals surface area contributed by atoms with Crippen molar-refractivity contribution in [3.05, 3.63) is 46.5 Å². The topological polar surface area (TPSA) is 87.2 Å². The largest absolute Gasteiger partial charge is 0.497 e. The zero-order chi connectivity index (χ0) is 24.9. The Morgan fingerprint density at radius 2 is 1.20 bits per heavy atom. The average molecular weight is 518 g/mol. The van der Waals surface area contributed by atoms with E-state index in [-0.39, 0.29) is 37.0 Å². The lowest BCUT2D eigenvalue weighted by atomic mass is 9.85. The Kier molecular flexibility index (Phi) is 6.36. The Morgan fingerprint density at radius 3 is 1.63 bits per heavy atom. The summed E-state index contributed by atoms with van der Waals surface area (Å²) in [5.74, 6) is -2.29. The lowest BCUT2D eigenvalue weighted by Gasteiger charge is -2.32. The summed E-state index contributed by atoms with van der Waals surface area (Å²) in [5.41, 5.74) is 0.643. The van der Waals surface area contributed by atoms with Gasteiger partial charge in [-0.05, 0) is 49.9 Å². The maximum absolute atomic E-state index is 13.2. The molecular weight excluding hydrogens is 493 g/mol. The minimum atomic E-state index is -0.483. The molecule has 4 aliphatic rings. The quantitative estimate of drug-likeness (QED) is 0.537. The first kappa shape index (κ1) is 23.9. The van der Waals surface area contributed by atoms with Crippen LogP contribution in [0.5, 0.6) is 5.75 Å². The van der Waals surface area contributed by atoms with Crippen molar-refractivity contribution < 1.29 is 23.9 Å². The molecule has 4 atom stereocenters. The van der Waals surface area contributed by atoms with E-state index in [1.807, 2.05) is 0 Å². The van der Waals surface area contributed by atoms with E-state index < -0.39 is 23.7 Å². The van der Waals surface area contributed by atoms with Gasteiger partial charge in [0.1, 0.15) is 19.1 Å². The van der Waals surface area contributed by atoms with Crippen LogP contribution in [-0.2, 0) is 19.2 Å². The summed E-state index contributed by atoms with van der Waals surface area (Å²) >= 11 is 12.3. The fraction of sp³-hybridized carbons (Fsp3) is 0.440. The molecule has 35 heavy (non-hydrogen) atoms. The van der Waals surface area contributed by atoms with E-state index in [1.54, 1.807) is 48.4 Å². The van der Waals surface area contributed by atoms with Gasteiger partial charge in [0.05, 0.1) is 30.8 Å². The minimum absolute atomic E-state index is 0.0833. The number of hydrogen-bond acceptors (Lipinski definition) is 6. The van der Waals surface area contributed by atoms with Crippen LogP contribution in [-0.4, -0.2) is 53.9 Å². The summed E-state index contributed by atoms with van der Waals surface area (Å²) in [7, 11) is 1.55. The summed E-state index contributed by atoms with van der Waals surface area (Å²) in [6.07, 6.45) is 5.12. The second kappa shape index (κ2) is 9.32. The number of carbonyl (C=O) groups is 4. The number of carbonyl (C=O) groups excluding carboxylic acids is 4. The maximum atomic E-state index is 13.2. The number of halogens is 2. The molecule has 2 saturated heterocycles. The zero-order valence-corrected chi connectivity index (χ0v) is 20.7. The van der Waals surface area contributed by atoms with Crippen molar-refractivity contribution in [2.24, 2.45) is 23.7 Å². The lowest BCUT2D eigenvalue weighted by Crippen LogP contribution is -2.48. The van der Waals surface area contributed by atoms with Gasteiger partial charge in [0.25, 0.3) is 0 Å². The van der Waals surface area contributed by atoms with E-state index in [0.717, 1.165) is 0 Å². The first-order valence-corrected chi connectivity index (χ1v) is 12.3. The van der Waals surface area contributed by atoms with Crippen LogP contribution in [0.3, 0.4) is 0 Å². The molecule has 0 unspecified atom stereocenters. The number of likely N-dealkylation sites (tertiary alicyclic amines) is 2. The molecule has 2 aliphatic carbocycles. The highest BCUT2D eigenvalue weighted by Crippen LogP contribution is 2.41. The highest BCUT2D eigenvalue weighted by molar-refractivity contribution is 6.30. The van der Waals surface area contributed by atoms with Gasteiger partial charge in [-0.2, -0.15) is 0 Å². The maximum Gasteiger partial charge on any atom is 0.234 e. The third kappa shape index (κ3) is 4.23.